The summed E-state index contributed by atoms with van der Waals surface area (Å²) in [6.45, 7) is 4.52. The lowest BCUT2D eigenvalue weighted by molar-refractivity contribution is 0.0709. The Morgan fingerprint density at radius 2 is 2.27 bits per heavy atom. The summed E-state index contributed by atoms with van der Waals surface area (Å²) < 4.78 is 0. The van der Waals surface area contributed by atoms with Crippen molar-refractivity contribution in [3.8, 4) is 0 Å². The number of nitrogens with one attached hydrogen (secondary N) is 1. The molecule has 0 aromatic carbocycles. The van der Waals surface area contributed by atoms with Crippen molar-refractivity contribution in [1.29, 1.82) is 0 Å². The predicted molar refractivity (Wildman–Crippen MR) is 57.6 cm³/mol. The monoisotopic (exact) mass is 205 g/mol. The van der Waals surface area contributed by atoms with Gasteiger partial charge in [0, 0.05) is 43.6 Å². The van der Waals surface area contributed by atoms with Crippen molar-refractivity contribution in [2.24, 2.45) is 0 Å². The lowest BCUT2D eigenvalue weighted by Crippen LogP contribution is -2.51. The van der Waals surface area contributed by atoms with Crippen LogP contribution in [0.1, 0.15) is 17.3 Å². The molecule has 80 valence electrons. The van der Waals surface area contributed by atoms with Gasteiger partial charge in [-0.15, -0.1) is 0 Å². The van der Waals surface area contributed by atoms with Crippen molar-refractivity contribution in [3.63, 3.8) is 0 Å². The maximum absolute atomic E-state index is 12.0. The van der Waals surface area contributed by atoms with Crippen LogP contribution >= 0.6 is 0 Å². The molecule has 1 fully saturated rings. The Morgan fingerprint density at radius 3 is 2.93 bits per heavy atom. The second-order valence-electron chi connectivity index (χ2n) is 3.84. The van der Waals surface area contributed by atoms with Crippen LogP contribution in [0.25, 0.3) is 0 Å². The van der Waals surface area contributed by atoms with Gasteiger partial charge in [0.1, 0.15) is 0 Å². The largest absolute Gasteiger partial charge is 0.336 e. The van der Waals surface area contributed by atoms with Crippen LogP contribution in [0.2, 0.25) is 0 Å². The minimum Gasteiger partial charge on any atom is -0.336 e. The summed E-state index contributed by atoms with van der Waals surface area (Å²) in [7, 11) is 0. The minimum atomic E-state index is 0.103. The van der Waals surface area contributed by atoms with Crippen LogP contribution in [-0.4, -0.2) is 41.5 Å². The Hall–Kier alpha value is -1.42. The minimum absolute atomic E-state index is 0.103. The molecule has 1 aliphatic rings. The fraction of sp³-hybridized carbons (Fsp3) is 0.455. The van der Waals surface area contributed by atoms with E-state index >= 15 is 0 Å². The van der Waals surface area contributed by atoms with E-state index in [9.17, 15) is 4.79 Å². The highest BCUT2D eigenvalue weighted by molar-refractivity contribution is 5.94. The van der Waals surface area contributed by atoms with Crippen molar-refractivity contribution in [1.82, 2.24) is 15.2 Å². The first-order valence-electron chi connectivity index (χ1n) is 5.20. The van der Waals surface area contributed by atoms with Crippen LogP contribution in [0.15, 0.2) is 24.5 Å². The summed E-state index contributed by atoms with van der Waals surface area (Å²) >= 11 is 0. The van der Waals surface area contributed by atoms with Crippen molar-refractivity contribution < 1.29 is 4.79 Å². The van der Waals surface area contributed by atoms with Crippen molar-refractivity contribution in [3.05, 3.63) is 30.1 Å². The van der Waals surface area contributed by atoms with Gasteiger partial charge in [-0.05, 0) is 19.1 Å². The molecule has 15 heavy (non-hydrogen) atoms. The van der Waals surface area contributed by atoms with E-state index in [1.165, 1.54) is 0 Å². The van der Waals surface area contributed by atoms with Gasteiger partial charge in [-0.1, -0.05) is 0 Å². The average molecular weight is 205 g/mol. The molecule has 2 heterocycles. The number of nitrogens with zero attached hydrogens (tertiary/aromatic N) is 2. The number of carbonyl (C=O) groups excluding carboxylic acids is 1. The zero-order valence-corrected chi connectivity index (χ0v) is 8.81. The topological polar surface area (TPSA) is 45.2 Å². The Balaban J connectivity index is 2.08. The van der Waals surface area contributed by atoms with Crippen molar-refractivity contribution in [2.45, 2.75) is 13.0 Å². The zero-order chi connectivity index (χ0) is 10.7. The van der Waals surface area contributed by atoms with Gasteiger partial charge in [0.15, 0.2) is 0 Å². The van der Waals surface area contributed by atoms with Gasteiger partial charge < -0.3 is 10.2 Å². The molecule has 1 aliphatic heterocycles. The van der Waals surface area contributed by atoms with E-state index in [2.05, 4.69) is 17.2 Å². The number of aromatic nitrogens is 1. The van der Waals surface area contributed by atoms with E-state index in [1.54, 1.807) is 24.5 Å². The van der Waals surface area contributed by atoms with Gasteiger partial charge in [0.25, 0.3) is 5.91 Å². The molecule has 0 radical (unpaired) electrons. The Labute approximate surface area is 89.3 Å². The molecule has 0 saturated carbocycles. The maximum atomic E-state index is 12.0. The van der Waals surface area contributed by atoms with Crippen LogP contribution in [0.3, 0.4) is 0 Å². The van der Waals surface area contributed by atoms with Gasteiger partial charge >= 0.3 is 0 Å². The molecular weight excluding hydrogens is 190 g/mol. The van der Waals surface area contributed by atoms with Crippen LogP contribution in [0.4, 0.5) is 0 Å². The Bertz CT molecular complexity index is 339. The van der Waals surface area contributed by atoms with Crippen LogP contribution in [-0.2, 0) is 0 Å². The van der Waals surface area contributed by atoms with Gasteiger partial charge in [0.05, 0.1) is 0 Å². The molecule has 0 bridgehead atoms. The zero-order valence-electron chi connectivity index (χ0n) is 8.81. The van der Waals surface area contributed by atoms with Gasteiger partial charge in [-0.2, -0.15) is 0 Å². The molecule has 1 aromatic heterocycles. The first-order chi connectivity index (χ1) is 7.27. The summed E-state index contributed by atoms with van der Waals surface area (Å²) in [6.07, 6.45) is 3.30. The smallest absolute Gasteiger partial charge is 0.254 e. The molecule has 1 aromatic rings. The van der Waals surface area contributed by atoms with Crippen LogP contribution < -0.4 is 5.32 Å². The standard InChI is InChI=1S/C11H15N3O/c1-9-8-14(7-6-13-9)11(15)10-2-4-12-5-3-10/h2-5,9,13H,6-8H2,1H3/t9-/m1/s1. The average Bonchev–Trinajstić information content (AvgIpc) is 2.29. The van der Waals surface area contributed by atoms with Crippen molar-refractivity contribution in [2.75, 3.05) is 19.6 Å². The van der Waals surface area contributed by atoms with E-state index in [0.29, 0.717) is 6.04 Å². The van der Waals surface area contributed by atoms with E-state index in [1.807, 2.05) is 4.90 Å². The molecule has 1 atom stereocenters. The summed E-state index contributed by atoms with van der Waals surface area (Å²) in [5.74, 6) is 0.103. The van der Waals surface area contributed by atoms with Crippen LogP contribution in [0, 0.1) is 0 Å². The molecule has 2 rings (SSSR count). The second-order valence-corrected chi connectivity index (χ2v) is 3.84. The summed E-state index contributed by atoms with van der Waals surface area (Å²) in [5.41, 5.74) is 0.721. The molecule has 0 aliphatic carbocycles. The fourth-order valence-corrected chi connectivity index (χ4v) is 1.79. The Kier molecular flexibility index (Phi) is 2.97. The predicted octanol–water partition coefficient (Wildman–Crippen LogP) is 0.516. The summed E-state index contributed by atoms with van der Waals surface area (Å²) in [4.78, 5) is 17.8. The number of amides is 1. The number of carbonyl (C=O) groups is 1. The normalized spacial score (nSPS) is 21.4. The van der Waals surface area contributed by atoms with Gasteiger partial charge in [-0.3, -0.25) is 9.78 Å². The molecule has 0 unspecified atom stereocenters. The molecule has 0 spiro atoms. The SMILES string of the molecule is C[C@@H]1CN(C(=O)c2ccncc2)CCN1. The van der Waals surface area contributed by atoms with Crippen molar-refractivity contribution >= 4 is 5.91 Å². The van der Waals surface area contributed by atoms with E-state index in [-0.39, 0.29) is 5.91 Å². The lowest BCUT2D eigenvalue weighted by Gasteiger charge is -2.31. The van der Waals surface area contributed by atoms with Crippen LogP contribution in [0.5, 0.6) is 0 Å². The maximum Gasteiger partial charge on any atom is 0.254 e. The van der Waals surface area contributed by atoms with Gasteiger partial charge in [-0.25, -0.2) is 0 Å². The first kappa shape index (κ1) is 10.1. The molecule has 1 amide bonds. The number of hydrogen-bond donors (Lipinski definition) is 1. The molecule has 4 nitrogen and oxygen atoms in total. The molecule has 1 N–H and O–H groups in total. The van der Waals surface area contributed by atoms with E-state index in [0.717, 1.165) is 25.2 Å². The number of hydrogen-bond acceptors (Lipinski definition) is 3. The number of rotatable bonds is 1. The third-order valence-electron chi connectivity index (χ3n) is 2.58. The molecular formula is C11H15N3O. The highest BCUT2D eigenvalue weighted by atomic mass is 16.2. The fourth-order valence-electron chi connectivity index (χ4n) is 1.79. The quantitative estimate of drug-likeness (QED) is 0.727. The second kappa shape index (κ2) is 4.40. The van der Waals surface area contributed by atoms with E-state index in [4.69, 9.17) is 0 Å². The highest BCUT2D eigenvalue weighted by Gasteiger charge is 2.21. The molecule has 1 saturated heterocycles. The molecule has 4 heteroatoms. The lowest BCUT2D eigenvalue weighted by atomic mass is 10.2. The third kappa shape index (κ3) is 2.33. The first-order valence-corrected chi connectivity index (χ1v) is 5.20. The highest BCUT2D eigenvalue weighted by Crippen LogP contribution is 2.06. The van der Waals surface area contributed by atoms with Gasteiger partial charge in [0.2, 0.25) is 0 Å². The number of pyridine rings is 1. The summed E-state index contributed by atoms with van der Waals surface area (Å²) in [6, 6.07) is 3.90. The van der Waals surface area contributed by atoms with E-state index < -0.39 is 0 Å². The third-order valence-corrected chi connectivity index (χ3v) is 2.58. The number of piperazine rings is 1. The Morgan fingerprint density at radius 1 is 1.53 bits per heavy atom. The summed E-state index contributed by atoms with van der Waals surface area (Å²) in [5, 5.41) is 3.31.